The molecule has 9 nitrogen and oxygen atoms in total. The average Bonchev–Trinajstić information content (AvgIpc) is 3.49. The molecule has 1 aromatic carbocycles. The number of hydrogen-bond donors (Lipinski definition) is 1. The van der Waals surface area contributed by atoms with Gasteiger partial charge in [0.05, 0.1) is 16.9 Å². The Labute approximate surface area is 178 Å². The second-order valence-corrected chi connectivity index (χ2v) is 9.70. The molecule has 3 heterocycles. The summed E-state index contributed by atoms with van der Waals surface area (Å²) in [6.07, 6.45) is 3.30. The summed E-state index contributed by atoms with van der Waals surface area (Å²) in [5.74, 6) is 1.01. The molecule has 1 fully saturated rings. The van der Waals surface area contributed by atoms with Gasteiger partial charge in [-0.15, -0.1) is 10.2 Å². The fraction of sp³-hybridized carbons (Fsp3) is 0.316. The van der Waals surface area contributed by atoms with Crippen molar-refractivity contribution in [3.63, 3.8) is 0 Å². The highest BCUT2D eigenvalue weighted by Gasteiger charge is 2.27. The molecule has 1 aliphatic rings. The lowest BCUT2D eigenvalue weighted by atomic mass is 10.3. The van der Waals surface area contributed by atoms with Crippen LogP contribution in [0.5, 0.6) is 0 Å². The van der Waals surface area contributed by atoms with Gasteiger partial charge in [-0.05, 0) is 43.2 Å². The zero-order valence-corrected chi connectivity index (χ0v) is 17.9. The van der Waals surface area contributed by atoms with Gasteiger partial charge in [-0.1, -0.05) is 17.8 Å². The molecule has 0 radical (unpaired) electrons. The number of aromatic nitrogens is 3. The summed E-state index contributed by atoms with van der Waals surface area (Å²) in [5.41, 5.74) is 0.440. The third-order valence-corrected chi connectivity index (χ3v) is 7.64. The van der Waals surface area contributed by atoms with E-state index in [0.29, 0.717) is 35.5 Å². The molecule has 30 heavy (non-hydrogen) atoms. The van der Waals surface area contributed by atoms with Crippen LogP contribution in [0.3, 0.4) is 0 Å². The zero-order valence-electron chi connectivity index (χ0n) is 16.3. The maximum absolute atomic E-state index is 12.7. The smallest absolute Gasteiger partial charge is 0.243 e. The maximum Gasteiger partial charge on any atom is 0.243 e. The number of nitrogens with zero attached hydrogens (tertiary/aromatic N) is 4. The monoisotopic (exact) mass is 447 g/mol. The third-order valence-electron chi connectivity index (χ3n) is 4.73. The van der Waals surface area contributed by atoms with Crippen LogP contribution in [0.1, 0.15) is 12.8 Å². The Bertz CT molecular complexity index is 1140. The van der Waals surface area contributed by atoms with Gasteiger partial charge >= 0.3 is 0 Å². The molecule has 3 aromatic rings. The minimum Gasteiger partial charge on any atom is -0.461 e. The Morgan fingerprint density at radius 1 is 1.20 bits per heavy atom. The fourth-order valence-corrected chi connectivity index (χ4v) is 5.47. The van der Waals surface area contributed by atoms with Crippen molar-refractivity contribution in [2.24, 2.45) is 7.05 Å². The molecule has 0 atom stereocenters. The summed E-state index contributed by atoms with van der Waals surface area (Å²) in [7, 11) is -1.73. The fourth-order valence-electron chi connectivity index (χ4n) is 3.20. The molecule has 11 heteroatoms. The van der Waals surface area contributed by atoms with Gasteiger partial charge in [-0.3, -0.25) is 4.79 Å². The van der Waals surface area contributed by atoms with E-state index < -0.39 is 10.0 Å². The van der Waals surface area contributed by atoms with Gasteiger partial charge in [-0.2, -0.15) is 4.31 Å². The lowest BCUT2D eigenvalue weighted by Gasteiger charge is -2.16. The number of carbonyl (C=O) groups is 1. The van der Waals surface area contributed by atoms with Crippen LogP contribution in [-0.4, -0.2) is 52.2 Å². The molecular formula is C19H21N5O4S2. The standard InChI is InChI=1S/C19H21N5O4S2/c1-23-18(16-8-5-11-28-16)21-22-19(23)29-13-17(25)20-14-6-4-7-15(12-14)30(26,27)24-9-2-3-10-24/h4-8,11-12H,2-3,9-10,13H2,1H3,(H,20,25). The third kappa shape index (κ3) is 4.27. The van der Waals surface area contributed by atoms with E-state index in [9.17, 15) is 13.2 Å². The predicted octanol–water partition coefficient (Wildman–Crippen LogP) is 2.59. The Morgan fingerprint density at radius 3 is 2.73 bits per heavy atom. The summed E-state index contributed by atoms with van der Waals surface area (Å²) in [6.45, 7) is 1.07. The number of amides is 1. The maximum atomic E-state index is 12.7. The van der Waals surface area contributed by atoms with E-state index in [1.54, 1.807) is 48.2 Å². The van der Waals surface area contributed by atoms with Gasteiger partial charge < -0.3 is 14.3 Å². The first-order valence-corrected chi connectivity index (χ1v) is 11.8. The molecule has 0 saturated carbocycles. The molecule has 1 amide bonds. The van der Waals surface area contributed by atoms with Crippen molar-refractivity contribution in [3.05, 3.63) is 42.7 Å². The largest absolute Gasteiger partial charge is 0.461 e. The van der Waals surface area contributed by atoms with Crippen LogP contribution < -0.4 is 5.32 Å². The average molecular weight is 448 g/mol. The Morgan fingerprint density at radius 2 is 2.00 bits per heavy atom. The quantitative estimate of drug-likeness (QED) is 0.554. The normalized spacial score (nSPS) is 14.8. The van der Waals surface area contributed by atoms with Gasteiger partial charge in [0.2, 0.25) is 15.9 Å². The molecule has 0 spiro atoms. The van der Waals surface area contributed by atoms with Gasteiger partial charge in [-0.25, -0.2) is 8.42 Å². The Balaban J connectivity index is 1.39. The molecule has 0 aliphatic carbocycles. The van der Waals surface area contributed by atoms with Gasteiger partial charge in [0.15, 0.2) is 16.7 Å². The number of anilines is 1. The predicted molar refractivity (Wildman–Crippen MR) is 112 cm³/mol. The van der Waals surface area contributed by atoms with Crippen molar-refractivity contribution in [3.8, 4) is 11.6 Å². The summed E-state index contributed by atoms with van der Waals surface area (Å²) in [6, 6.07) is 9.89. The summed E-state index contributed by atoms with van der Waals surface area (Å²) in [4.78, 5) is 12.6. The summed E-state index contributed by atoms with van der Waals surface area (Å²) < 4.78 is 34.0. The highest BCUT2D eigenvalue weighted by Crippen LogP contribution is 2.25. The van der Waals surface area contributed by atoms with E-state index in [1.165, 1.54) is 22.1 Å². The van der Waals surface area contributed by atoms with E-state index in [2.05, 4.69) is 15.5 Å². The minimum absolute atomic E-state index is 0.104. The van der Waals surface area contributed by atoms with Crippen LogP contribution in [0.25, 0.3) is 11.6 Å². The number of hydrogen-bond acceptors (Lipinski definition) is 7. The SMILES string of the molecule is Cn1c(SCC(=O)Nc2cccc(S(=O)(=O)N3CCCC3)c2)nnc1-c1ccco1. The molecule has 1 saturated heterocycles. The first-order chi connectivity index (χ1) is 14.4. The number of nitrogens with one attached hydrogen (secondary N) is 1. The van der Waals surface area contributed by atoms with Gasteiger partial charge in [0.1, 0.15) is 0 Å². The van der Waals surface area contributed by atoms with Crippen LogP contribution in [0.2, 0.25) is 0 Å². The lowest BCUT2D eigenvalue weighted by Crippen LogP contribution is -2.28. The van der Waals surface area contributed by atoms with E-state index in [4.69, 9.17) is 4.42 Å². The van der Waals surface area contributed by atoms with E-state index >= 15 is 0 Å². The first-order valence-electron chi connectivity index (χ1n) is 9.41. The number of rotatable bonds is 7. The number of furan rings is 1. The van der Waals surface area contributed by atoms with E-state index in [0.717, 1.165) is 12.8 Å². The van der Waals surface area contributed by atoms with Crippen LogP contribution in [0, 0.1) is 0 Å². The molecular weight excluding hydrogens is 426 g/mol. The van der Waals surface area contributed by atoms with Crippen LogP contribution in [-0.2, 0) is 21.9 Å². The van der Waals surface area contributed by atoms with Gasteiger partial charge in [0.25, 0.3) is 0 Å². The number of benzene rings is 1. The Kier molecular flexibility index (Phi) is 5.93. The number of carbonyl (C=O) groups excluding carboxylic acids is 1. The van der Waals surface area contributed by atoms with Crippen molar-refractivity contribution in [1.82, 2.24) is 19.1 Å². The number of thioether (sulfide) groups is 1. The first kappa shape index (κ1) is 20.6. The van der Waals surface area contributed by atoms with Crippen molar-refractivity contribution in [2.45, 2.75) is 22.9 Å². The molecule has 4 rings (SSSR count). The van der Waals surface area contributed by atoms with Crippen LogP contribution in [0.4, 0.5) is 5.69 Å². The van der Waals surface area contributed by atoms with E-state index in [-0.39, 0.29) is 16.6 Å². The summed E-state index contributed by atoms with van der Waals surface area (Å²) in [5, 5.41) is 11.5. The molecule has 1 aliphatic heterocycles. The molecule has 0 unspecified atom stereocenters. The van der Waals surface area contributed by atoms with Crippen molar-refractivity contribution in [1.29, 1.82) is 0 Å². The van der Waals surface area contributed by atoms with Crippen LogP contribution in [0.15, 0.2) is 57.1 Å². The number of sulfonamides is 1. The van der Waals surface area contributed by atoms with Crippen molar-refractivity contribution >= 4 is 33.4 Å². The van der Waals surface area contributed by atoms with Crippen molar-refractivity contribution < 1.29 is 17.6 Å². The second kappa shape index (κ2) is 8.62. The second-order valence-electron chi connectivity index (χ2n) is 6.82. The molecule has 1 N–H and O–H groups in total. The molecule has 158 valence electrons. The van der Waals surface area contributed by atoms with E-state index in [1.807, 2.05) is 0 Å². The zero-order chi connectivity index (χ0) is 21.1. The van der Waals surface area contributed by atoms with Crippen LogP contribution >= 0.6 is 11.8 Å². The highest BCUT2D eigenvalue weighted by atomic mass is 32.2. The highest BCUT2D eigenvalue weighted by molar-refractivity contribution is 7.99. The summed E-state index contributed by atoms with van der Waals surface area (Å²) >= 11 is 1.23. The lowest BCUT2D eigenvalue weighted by molar-refractivity contribution is -0.113. The molecule has 0 bridgehead atoms. The van der Waals surface area contributed by atoms with Gasteiger partial charge in [0, 0.05) is 25.8 Å². The Hall–Kier alpha value is -2.63. The minimum atomic E-state index is -3.53. The van der Waals surface area contributed by atoms with Crippen molar-refractivity contribution in [2.75, 3.05) is 24.2 Å². The topological polar surface area (TPSA) is 110 Å². The molecule has 2 aromatic heterocycles.